The Bertz CT molecular complexity index is 656. The van der Waals surface area contributed by atoms with Crippen LogP contribution in [-0.2, 0) is 11.8 Å². The molecule has 7 heteroatoms. The number of aromatic nitrogens is 2. The quantitative estimate of drug-likeness (QED) is 0.693. The monoisotopic (exact) mass is 318 g/mol. The lowest BCUT2D eigenvalue weighted by Gasteiger charge is -2.18. The molecule has 0 aliphatic heterocycles. The third-order valence-electron chi connectivity index (χ3n) is 3.58. The summed E-state index contributed by atoms with van der Waals surface area (Å²) >= 11 is 0. The number of hydrogen-bond acceptors (Lipinski definition) is 5. The molecule has 0 saturated heterocycles. The van der Waals surface area contributed by atoms with E-state index in [1.807, 2.05) is 12.1 Å². The second kappa shape index (κ2) is 7.75. The molecular formula is C16H22N4O3. The first-order valence-electron chi connectivity index (χ1n) is 7.31. The number of carbonyl (C=O) groups is 1. The van der Waals surface area contributed by atoms with Crippen LogP contribution < -0.4 is 15.4 Å². The average Bonchev–Trinajstić information content (AvgIpc) is 2.99. The van der Waals surface area contributed by atoms with E-state index in [0.29, 0.717) is 11.3 Å². The average molecular weight is 318 g/mol. The third-order valence-corrected chi connectivity index (χ3v) is 3.58. The van der Waals surface area contributed by atoms with Crippen molar-refractivity contribution < 1.29 is 14.6 Å². The Labute approximate surface area is 135 Å². The summed E-state index contributed by atoms with van der Waals surface area (Å²) in [4.78, 5) is 12.3. The number of aliphatic hydroxyl groups is 1. The number of ether oxygens (including phenoxy) is 1. The number of rotatable bonds is 7. The fourth-order valence-electron chi connectivity index (χ4n) is 2.39. The van der Waals surface area contributed by atoms with Crippen LogP contribution in [0.4, 0.5) is 0 Å². The summed E-state index contributed by atoms with van der Waals surface area (Å²) in [7, 11) is 5.04. The van der Waals surface area contributed by atoms with Gasteiger partial charge in [0.15, 0.2) is 0 Å². The molecular weight excluding hydrogens is 296 g/mol. The van der Waals surface area contributed by atoms with E-state index in [0.717, 1.165) is 5.56 Å². The number of amides is 1. The van der Waals surface area contributed by atoms with Gasteiger partial charge in [-0.05, 0) is 13.1 Å². The molecule has 2 aromatic rings. The first-order valence-corrected chi connectivity index (χ1v) is 7.31. The Morgan fingerprint density at radius 3 is 2.78 bits per heavy atom. The molecule has 23 heavy (non-hydrogen) atoms. The van der Waals surface area contributed by atoms with Gasteiger partial charge in [-0.15, -0.1) is 0 Å². The molecule has 7 nitrogen and oxygen atoms in total. The number of benzene rings is 1. The molecule has 1 aromatic carbocycles. The standard InChI is InChI=1S/C16H22N4O3/c1-17-15(11-8-19-20(2)10-11)16(22)18-9-13(21)12-6-4-5-7-14(12)23-3/h4-8,10,13,15,17,21H,9H2,1-3H3,(H,18,22). The van der Waals surface area contributed by atoms with E-state index in [2.05, 4.69) is 15.7 Å². The normalized spacial score (nSPS) is 13.4. The number of nitrogens with zero attached hydrogens (tertiary/aromatic N) is 2. The molecule has 1 heterocycles. The molecule has 2 atom stereocenters. The maximum Gasteiger partial charge on any atom is 0.241 e. The van der Waals surface area contributed by atoms with Gasteiger partial charge in [-0.25, -0.2) is 0 Å². The van der Waals surface area contributed by atoms with Gasteiger partial charge in [0.05, 0.1) is 19.4 Å². The fraction of sp³-hybridized carbons (Fsp3) is 0.375. The largest absolute Gasteiger partial charge is 0.496 e. The molecule has 0 spiro atoms. The molecule has 2 unspecified atom stereocenters. The van der Waals surface area contributed by atoms with E-state index in [-0.39, 0.29) is 12.5 Å². The number of carbonyl (C=O) groups excluding carboxylic acids is 1. The lowest BCUT2D eigenvalue weighted by atomic mass is 10.1. The Morgan fingerprint density at radius 1 is 1.43 bits per heavy atom. The number of methoxy groups -OCH3 is 1. The lowest BCUT2D eigenvalue weighted by Crippen LogP contribution is -2.38. The number of aryl methyl sites for hydroxylation is 1. The van der Waals surface area contributed by atoms with E-state index in [1.165, 1.54) is 0 Å². The predicted octanol–water partition coefficient (Wildman–Crippen LogP) is 0.539. The summed E-state index contributed by atoms with van der Waals surface area (Å²) in [5.74, 6) is 0.362. The maximum absolute atomic E-state index is 12.3. The van der Waals surface area contributed by atoms with Crippen molar-refractivity contribution in [2.45, 2.75) is 12.1 Å². The Balaban J connectivity index is 2.00. The molecule has 0 aliphatic carbocycles. The molecule has 0 radical (unpaired) electrons. The Morgan fingerprint density at radius 2 is 2.17 bits per heavy atom. The van der Waals surface area contributed by atoms with E-state index >= 15 is 0 Å². The van der Waals surface area contributed by atoms with Crippen molar-refractivity contribution in [3.8, 4) is 5.75 Å². The molecule has 1 amide bonds. The van der Waals surface area contributed by atoms with Gasteiger partial charge in [0, 0.05) is 30.9 Å². The summed E-state index contributed by atoms with van der Waals surface area (Å²) < 4.78 is 6.85. The highest BCUT2D eigenvalue weighted by atomic mass is 16.5. The van der Waals surface area contributed by atoms with Crippen LogP contribution >= 0.6 is 0 Å². The van der Waals surface area contributed by atoms with Gasteiger partial charge in [0.1, 0.15) is 11.8 Å². The molecule has 124 valence electrons. The SMILES string of the molecule is CNC(C(=O)NCC(O)c1ccccc1OC)c1cnn(C)c1. The zero-order chi connectivity index (χ0) is 16.8. The van der Waals surface area contributed by atoms with Crippen LogP contribution in [0.5, 0.6) is 5.75 Å². The molecule has 0 fully saturated rings. The van der Waals surface area contributed by atoms with Crippen LogP contribution in [0.2, 0.25) is 0 Å². The van der Waals surface area contributed by atoms with Crippen molar-refractivity contribution >= 4 is 5.91 Å². The van der Waals surface area contributed by atoms with Crippen molar-refractivity contribution in [1.82, 2.24) is 20.4 Å². The second-order valence-corrected chi connectivity index (χ2v) is 5.17. The highest BCUT2D eigenvalue weighted by molar-refractivity contribution is 5.83. The van der Waals surface area contributed by atoms with Crippen LogP contribution in [0.15, 0.2) is 36.7 Å². The van der Waals surface area contributed by atoms with Gasteiger partial charge in [0.25, 0.3) is 0 Å². The van der Waals surface area contributed by atoms with Crippen LogP contribution in [0.3, 0.4) is 0 Å². The fourth-order valence-corrected chi connectivity index (χ4v) is 2.39. The topological polar surface area (TPSA) is 88.4 Å². The van der Waals surface area contributed by atoms with Crippen LogP contribution in [0.25, 0.3) is 0 Å². The van der Waals surface area contributed by atoms with Crippen LogP contribution in [0.1, 0.15) is 23.3 Å². The minimum absolute atomic E-state index is 0.0949. The summed E-state index contributed by atoms with van der Waals surface area (Å²) in [6.45, 7) is 0.0949. The summed E-state index contributed by atoms with van der Waals surface area (Å²) in [6.07, 6.45) is 2.57. The number of para-hydroxylation sites is 1. The minimum atomic E-state index is -0.846. The van der Waals surface area contributed by atoms with Crippen molar-refractivity contribution in [1.29, 1.82) is 0 Å². The van der Waals surface area contributed by atoms with Gasteiger partial charge in [-0.2, -0.15) is 5.10 Å². The number of nitrogens with one attached hydrogen (secondary N) is 2. The third kappa shape index (κ3) is 4.08. The molecule has 0 aliphatic rings. The van der Waals surface area contributed by atoms with Crippen molar-refractivity contribution in [2.24, 2.45) is 7.05 Å². The lowest BCUT2D eigenvalue weighted by molar-refractivity contribution is -0.123. The van der Waals surface area contributed by atoms with E-state index in [9.17, 15) is 9.90 Å². The van der Waals surface area contributed by atoms with Gasteiger partial charge >= 0.3 is 0 Å². The van der Waals surface area contributed by atoms with Gasteiger partial charge in [0.2, 0.25) is 5.91 Å². The predicted molar refractivity (Wildman–Crippen MR) is 86.0 cm³/mol. The first kappa shape index (κ1) is 17.0. The van der Waals surface area contributed by atoms with Gasteiger partial charge < -0.3 is 20.5 Å². The maximum atomic E-state index is 12.3. The summed E-state index contributed by atoms with van der Waals surface area (Å²) in [5, 5.41) is 20.0. The number of likely N-dealkylation sites (N-methyl/N-ethyl adjacent to an activating group) is 1. The van der Waals surface area contributed by atoms with E-state index in [1.54, 1.807) is 50.4 Å². The minimum Gasteiger partial charge on any atom is -0.496 e. The Hall–Kier alpha value is -2.38. The first-order chi connectivity index (χ1) is 11.1. The van der Waals surface area contributed by atoms with Crippen molar-refractivity contribution in [3.63, 3.8) is 0 Å². The number of hydrogen-bond donors (Lipinski definition) is 3. The zero-order valence-corrected chi connectivity index (χ0v) is 13.5. The van der Waals surface area contributed by atoms with Gasteiger partial charge in [-0.3, -0.25) is 9.48 Å². The molecule has 3 N–H and O–H groups in total. The van der Waals surface area contributed by atoms with Crippen molar-refractivity contribution in [3.05, 3.63) is 47.8 Å². The summed E-state index contributed by atoms with van der Waals surface area (Å²) in [5.41, 5.74) is 1.40. The zero-order valence-electron chi connectivity index (χ0n) is 13.5. The molecule has 1 aromatic heterocycles. The molecule has 0 bridgehead atoms. The highest BCUT2D eigenvalue weighted by Gasteiger charge is 2.21. The molecule has 2 rings (SSSR count). The highest BCUT2D eigenvalue weighted by Crippen LogP contribution is 2.24. The smallest absolute Gasteiger partial charge is 0.241 e. The van der Waals surface area contributed by atoms with E-state index in [4.69, 9.17) is 4.74 Å². The van der Waals surface area contributed by atoms with E-state index < -0.39 is 12.1 Å². The summed E-state index contributed by atoms with van der Waals surface area (Å²) in [6, 6.07) is 6.66. The van der Waals surface area contributed by atoms with Gasteiger partial charge in [-0.1, -0.05) is 18.2 Å². The van der Waals surface area contributed by atoms with Crippen molar-refractivity contribution in [2.75, 3.05) is 20.7 Å². The number of aliphatic hydroxyl groups excluding tert-OH is 1. The Kier molecular flexibility index (Phi) is 5.72. The second-order valence-electron chi connectivity index (χ2n) is 5.17. The van der Waals surface area contributed by atoms with Crippen LogP contribution in [-0.4, -0.2) is 41.5 Å². The van der Waals surface area contributed by atoms with Crippen LogP contribution in [0, 0.1) is 0 Å². The molecule has 0 saturated carbocycles.